The van der Waals surface area contributed by atoms with Gasteiger partial charge in [-0.15, -0.1) is 0 Å². The number of benzene rings is 1. The summed E-state index contributed by atoms with van der Waals surface area (Å²) in [4.78, 5) is 48.8. The van der Waals surface area contributed by atoms with Gasteiger partial charge in [-0.1, -0.05) is 26.8 Å². The van der Waals surface area contributed by atoms with Gasteiger partial charge in [-0.3, -0.25) is 19.2 Å². The fourth-order valence-electron chi connectivity index (χ4n) is 3.33. The summed E-state index contributed by atoms with van der Waals surface area (Å²) in [5, 5.41) is 24.1. The van der Waals surface area contributed by atoms with E-state index in [4.69, 9.17) is 0 Å². The number of nitrogens with one attached hydrogen (secondary N) is 2. The number of hydrogen-bond donors (Lipinski definition) is 4. The molecule has 0 saturated carbocycles. The van der Waals surface area contributed by atoms with Crippen molar-refractivity contribution >= 4 is 29.3 Å². The third kappa shape index (κ3) is 10.1. The number of Topliss-reactive ketones (excluding diaryl/α,β-unsaturated/α-hetero) is 1. The minimum Gasteiger partial charge on any atom is -0.469 e. The molecule has 0 aromatic heterocycles. The Kier molecular flexibility index (Phi) is 12.3. The number of rotatable bonds is 14. The summed E-state index contributed by atoms with van der Waals surface area (Å²) >= 11 is 0. The van der Waals surface area contributed by atoms with Gasteiger partial charge in [-0.05, 0) is 42.0 Å². The third-order valence-corrected chi connectivity index (χ3v) is 5.23. The maximum absolute atomic E-state index is 12.8. The molecule has 0 bridgehead atoms. The van der Waals surface area contributed by atoms with Crippen LogP contribution in [0.15, 0.2) is 18.2 Å². The first-order valence-corrected chi connectivity index (χ1v) is 11.2. The van der Waals surface area contributed by atoms with Crippen molar-refractivity contribution in [2.24, 2.45) is 11.8 Å². The molecule has 0 saturated heterocycles. The van der Waals surface area contributed by atoms with Gasteiger partial charge in [0.15, 0.2) is 5.78 Å². The van der Waals surface area contributed by atoms with Crippen molar-refractivity contribution in [3.8, 4) is 0 Å². The molecule has 0 aliphatic heterocycles. The molecule has 9 nitrogen and oxygen atoms in total. The van der Waals surface area contributed by atoms with E-state index in [1.165, 1.54) is 7.11 Å². The van der Waals surface area contributed by atoms with E-state index in [0.717, 1.165) is 0 Å². The number of ether oxygens (including phenoxy) is 1. The second-order valence-corrected chi connectivity index (χ2v) is 8.49. The molecule has 9 heteroatoms. The second kappa shape index (κ2) is 14.4. The average Bonchev–Trinajstić information content (AvgIpc) is 2.79. The van der Waals surface area contributed by atoms with Crippen LogP contribution in [0.3, 0.4) is 0 Å². The zero-order chi connectivity index (χ0) is 25.0. The van der Waals surface area contributed by atoms with Crippen molar-refractivity contribution in [2.75, 3.05) is 12.4 Å². The molecular formula is C24H36N2O7. The molecule has 4 N–H and O–H groups in total. The van der Waals surface area contributed by atoms with E-state index in [-0.39, 0.29) is 62.0 Å². The van der Waals surface area contributed by atoms with Crippen LogP contribution in [0.2, 0.25) is 0 Å². The maximum atomic E-state index is 12.8. The quantitative estimate of drug-likeness (QED) is 0.244. The molecule has 1 aromatic carbocycles. The molecular weight excluding hydrogens is 428 g/mol. The summed E-state index contributed by atoms with van der Waals surface area (Å²) in [7, 11) is 1.31. The highest BCUT2D eigenvalue weighted by Gasteiger charge is 2.27. The summed E-state index contributed by atoms with van der Waals surface area (Å²) < 4.78 is 4.56. The Bertz CT molecular complexity index is 801. The van der Waals surface area contributed by atoms with Crippen molar-refractivity contribution in [3.63, 3.8) is 0 Å². The minimum absolute atomic E-state index is 0.0517. The number of esters is 1. The Hall–Kier alpha value is -2.78. The molecule has 2 amide bonds. The molecule has 0 spiro atoms. The van der Waals surface area contributed by atoms with Crippen molar-refractivity contribution < 1.29 is 34.1 Å². The van der Waals surface area contributed by atoms with Crippen LogP contribution in [-0.2, 0) is 37.1 Å². The van der Waals surface area contributed by atoms with Gasteiger partial charge in [0.25, 0.3) is 0 Å². The van der Waals surface area contributed by atoms with E-state index in [1.807, 2.05) is 13.8 Å². The van der Waals surface area contributed by atoms with Crippen molar-refractivity contribution in [3.05, 3.63) is 29.3 Å². The van der Waals surface area contributed by atoms with Gasteiger partial charge in [-0.2, -0.15) is 0 Å². The number of carbonyl (C=O) groups excluding carboxylic acids is 4. The number of ketones is 1. The van der Waals surface area contributed by atoms with E-state index in [9.17, 15) is 29.4 Å². The normalized spacial score (nSPS) is 12.7. The van der Waals surface area contributed by atoms with E-state index >= 15 is 0 Å². The van der Waals surface area contributed by atoms with Crippen LogP contribution in [0.1, 0.15) is 64.0 Å². The first-order valence-electron chi connectivity index (χ1n) is 11.2. The third-order valence-electron chi connectivity index (χ3n) is 5.23. The molecule has 2 atom stereocenters. The maximum Gasteiger partial charge on any atom is 0.305 e. The van der Waals surface area contributed by atoms with Crippen LogP contribution in [0.5, 0.6) is 0 Å². The van der Waals surface area contributed by atoms with Crippen molar-refractivity contribution in [2.45, 2.75) is 72.1 Å². The number of amides is 2. The standard InChI is InChI=1S/C24H36N2O7/c1-15(2)23(26-21(30)7-5-6-8-22(31)33-4)20(29)9-16(3)24(32)25-19-11-17(13-27)10-18(12-19)14-28/h10-12,15-16,23,27-28H,5-9,13-14H2,1-4H3,(H,25,32)(H,26,30)/t16-,23+/m1/s1. The zero-order valence-corrected chi connectivity index (χ0v) is 19.8. The fourth-order valence-corrected chi connectivity index (χ4v) is 3.33. The second-order valence-electron chi connectivity index (χ2n) is 8.49. The number of aliphatic hydroxyl groups excluding tert-OH is 2. The Labute approximate surface area is 194 Å². The molecule has 184 valence electrons. The van der Waals surface area contributed by atoms with E-state index < -0.39 is 12.0 Å². The van der Waals surface area contributed by atoms with E-state index in [2.05, 4.69) is 15.4 Å². The minimum atomic E-state index is -0.716. The molecule has 0 aliphatic carbocycles. The van der Waals surface area contributed by atoms with Crippen LogP contribution >= 0.6 is 0 Å². The molecule has 1 rings (SSSR count). The number of methoxy groups -OCH3 is 1. The lowest BCUT2D eigenvalue weighted by molar-refractivity contribution is -0.140. The average molecular weight is 465 g/mol. The predicted octanol–water partition coefficient (Wildman–Crippen LogP) is 2.08. The van der Waals surface area contributed by atoms with Gasteiger partial charge in [0, 0.05) is 30.9 Å². The molecule has 0 heterocycles. The molecule has 0 unspecified atom stereocenters. The van der Waals surface area contributed by atoms with Crippen LogP contribution in [0, 0.1) is 11.8 Å². The van der Waals surface area contributed by atoms with E-state index in [1.54, 1.807) is 25.1 Å². The summed E-state index contributed by atoms with van der Waals surface area (Å²) in [6, 6.07) is 4.12. The number of anilines is 1. The first-order chi connectivity index (χ1) is 15.6. The number of hydrogen-bond acceptors (Lipinski definition) is 7. The topological polar surface area (TPSA) is 142 Å². The predicted molar refractivity (Wildman–Crippen MR) is 123 cm³/mol. The number of carbonyl (C=O) groups is 4. The van der Waals surface area contributed by atoms with E-state index in [0.29, 0.717) is 29.7 Å². The lowest BCUT2D eigenvalue weighted by Crippen LogP contribution is -2.45. The highest BCUT2D eigenvalue weighted by Crippen LogP contribution is 2.18. The molecule has 33 heavy (non-hydrogen) atoms. The highest BCUT2D eigenvalue weighted by atomic mass is 16.5. The smallest absolute Gasteiger partial charge is 0.305 e. The van der Waals surface area contributed by atoms with Crippen LogP contribution < -0.4 is 10.6 Å². The Balaban J connectivity index is 2.64. The van der Waals surface area contributed by atoms with Crippen LogP contribution in [0.25, 0.3) is 0 Å². The van der Waals surface area contributed by atoms with Crippen LogP contribution in [0.4, 0.5) is 5.69 Å². The summed E-state index contributed by atoms with van der Waals surface area (Å²) in [5.41, 5.74) is 1.53. The van der Waals surface area contributed by atoms with Crippen molar-refractivity contribution in [1.82, 2.24) is 5.32 Å². The molecule has 0 aliphatic rings. The Morgan fingerprint density at radius 1 is 0.939 bits per heavy atom. The molecule has 1 aromatic rings. The zero-order valence-electron chi connectivity index (χ0n) is 19.8. The van der Waals surface area contributed by atoms with Crippen molar-refractivity contribution in [1.29, 1.82) is 0 Å². The van der Waals surface area contributed by atoms with Gasteiger partial charge in [-0.25, -0.2) is 0 Å². The van der Waals surface area contributed by atoms with Gasteiger partial charge in [0.1, 0.15) is 0 Å². The van der Waals surface area contributed by atoms with Gasteiger partial charge < -0.3 is 25.6 Å². The van der Waals surface area contributed by atoms with Gasteiger partial charge in [0.05, 0.1) is 26.4 Å². The summed E-state index contributed by atoms with van der Waals surface area (Å²) in [5.74, 6) is -2.02. The molecule has 0 fully saturated rings. The Morgan fingerprint density at radius 2 is 1.52 bits per heavy atom. The number of aliphatic hydroxyl groups is 2. The SMILES string of the molecule is COC(=O)CCCCC(=O)N[C@H](C(=O)C[C@@H](C)C(=O)Nc1cc(CO)cc(CO)c1)C(C)C. The lowest BCUT2D eigenvalue weighted by Gasteiger charge is -2.23. The highest BCUT2D eigenvalue weighted by molar-refractivity contribution is 5.97. The van der Waals surface area contributed by atoms with Gasteiger partial charge >= 0.3 is 5.97 Å². The first kappa shape index (κ1) is 28.3. The van der Waals surface area contributed by atoms with Gasteiger partial charge in [0.2, 0.25) is 11.8 Å². The summed E-state index contributed by atoms with van der Waals surface area (Å²) in [6.07, 6.45) is 1.40. The molecule has 0 radical (unpaired) electrons. The van der Waals surface area contributed by atoms with Crippen LogP contribution in [-0.4, -0.2) is 46.9 Å². The fraction of sp³-hybridized carbons (Fsp3) is 0.583. The number of unbranched alkanes of at least 4 members (excludes halogenated alkanes) is 1. The lowest BCUT2D eigenvalue weighted by atomic mass is 9.92. The largest absolute Gasteiger partial charge is 0.469 e. The monoisotopic (exact) mass is 464 g/mol. The summed E-state index contributed by atoms with van der Waals surface area (Å²) in [6.45, 7) is 4.80. The Morgan fingerprint density at radius 3 is 2.03 bits per heavy atom.